The molecule has 0 aliphatic carbocycles. The number of nitrogen functional groups attached to an aromatic ring is 1. The Balaban J connectivity index is 2.02. The molecule has 90 valence electrons. The van der Waals surface area contributed by atoms with Crippen LogP contribution in [0.1, 0.15) is 28.9 Å². The zero-order chi connectivity index (χ0) is 12.3. The van der Waals surface area contributed by atoms with E-state index in [4.69, 9.17) is 5.73 Å². The molecule has 0 radical (unpaired) electrons. The number of nitrogens with zero attached hydrogens (tertiary/aromatic N) is 3. The molecule has 2 aromatic rings. The molecule has 0 saturated heterocycles. The summed E-state index contributed by atoms with van der Waals surface area (Å²) < 4.78 is 0. The monoisotopic (exact) mass is 235 g/mol. The Morgan fingerprint density at radius 2 is 2.35 bits per heavy atom. The Morgan fingerprint density at radius 3 is 2.94 bits per heavy atom. The molecule has 8 heteroatoms. The second kappa shape index (κ2) is 4.64. The minimum absolute atomic E-state index is 0.210. The molecule has 0 bridgehead atoms. The van der Waals surface area contributed by atoms with Gasteiger partial charge in [0.25, 0.3) is 5.91 Å². The molecule has 17 heavy (non-hydrogen) atoms. The number of aromatic nitrogens is 5. The lowest BCUT2D eigenvalue weighted by atomic mass is 10.2. The van der Waals surface area contributed by atoms with Crippen LogP contribution in [0, 0.1) is 0 Å². The van der Waals surface area contributed by atoms with Crippen molar-refractivity contribution in [1.29, 1.82) is 0 Å². The average Bonchev–Trinajstić information content (AvgIpc) is 2.95. The molecule has 2 rings (SSSR count). The van der Waals surface area contributed by atoms with Crippen LogP contribution >= 0.6 is 0 Å². The second-order valence-electron chi connectivity index (χ2n) is 3.43. The lowest BCUT2D eigenvalue weighted by Gasteiger charge is -2.01. The van der Waals surface area contributed by atoms with Crippen molar-refractivity contribution in [1.82, 2.24) is 30.7 Å². The van der Waals surface area contributed by atoms with Crippen molar-refractivity contribution in [3.63, 3.8) is 0 Å². The molecule has 5 N–H and O–H groups in total. The fraction of sp³-hybridized carbons (Fsp3) is 0.333. The molecule has 0 atom stereocenters. The van der Waals surface area contributed by atoms with Gasteiger partial charge in [0, 0.05) is 0 Å². The van der Waals surface area contributed by atoms with E-state index < -0.39 is 0 Å². The van der Waals surface area contributed by atoms with Crippen molar-refractivity contribution in [3.8, 4) is 0 Å². The van der Waals surface area contributed by atoms with Gasteiger partial charge in [0.05, 0.1) is 17.9 Å². The van der Waals surface area contributed by atoms with Gasteiger partial charge in [-0.1, -0.05) is 6.92 Å². The van der Waals surface area contributed by atoms with E-state index in [9.17, 15) is 4.79 Å². The number of aromatic amines is 2. The number of anilines is 1. The number of H-pyrrole nitrogens is 2. The molecule has 0 fully saturated rings. The third-order valence-electron chi connectivity index (χ3n) is 2.33. The summed E-state index contributed by atoms with van der Waals surface area (Å²) in [6.45, 7) is 2.19. The van der Waals surface area contributed by atoms with Crippen molar-refractivity contribution >= 4 is 11.6 Å². The van der Waals surface area contributed by atoms with Gasteiger partial charge in [-0.15, -0.1) is 0 Å². The molecule has 8 nitrogen and oxygen atoms in total. The highest BCUT2D eigenvalue weighted by atomic mass is 16.1. The summed E-state index contributed by atoms with van der Waals surface area (Å²) >= 11 is 0. The first kappa shape index (κ1) is 11.1. The second-order valence-corrected chi connectivity index (χ2v) is 3.43. The maximum Gasteiger partial charge on any atom is 0.274 e. The first-order chi connectivity index (χ1) is 8.22. The quantitative estimate of drug-likeness (QED) is 0.574. The first-order valence-electron chi connectivity index (χ1n) is 5.17. The van der Waals surface area contributed by atoms with Crippen molar-refractivity contribution in [2.75, 3.05) is 5.73 Å². The van der Waals surface area contributed by atoms with Crippen molar-refractivity contribution in [2.24, 2.45) is 0 Å². The summed E-state index contributed by atoms with van der Waals surface area (Å²) in [5.74, 6) is 0.234. The van der Waals surface area contributed by atoms with Crippen LogP contribution in [-0.2, 0) is 13.0 Å². The van der Waals surface area contributed by atoms with E-state index in [2.05, 4.69) is 30.7 Å². The van der Waals surface area contributed by atoms with Gasteiger partial charge >= 0.3 is 0 Å². The molecular weight excluding hydrogens is 222 g/mol. The van der Waals surface area contributed by atoms with Gasteiger partial charge in [0.2, 0.25) is 0 Å². The van der Waals surface area contributed by atoms with Crippen molar-refractivity contribution in [3.05, 3.63) is 23.5 Å². The lowest BCUT2D eigenvalue weighted by molar-refractivity contribution is 0.0946. The standard InChI is InChI=1S/C9H13N7O/c1-2-5-7(10)8(16-14-5)9(17)11-3-6-12-4-13-15-6/h4H,2-3,10H2,1H3,(H,11,17)(H,14,16)(H,12,13,15). The average molecular weight is 235 g/mol. The van der Waals surface area contributed by atoms with Crippen LogP contribution in [0.2, 0.25) is 0 Å². The normalized spacial score (nSPS) is 10.4. The Bertz CT molecular complexity index is 501. The SMILES string of the molecule is CCc1[nH]nc(C(=O)NCc2ncn[nH]2)c1N. The van der Waals surface area contributed by atoms with Crippen LogP contribution in [0.25, 0.3) is 0 Å². The van der Waals surface area contributed by atoms with Gasteiger partial charge in [-0.2, -0.15) is 10.2 Å². The minimum atomic E-state index is -0.338. The summed E-state index contributed by atoms with van der Waals surface area (Å²) in [6.07, 6.45) is 2.08. The number of carbonyl (C=O) groups excluding carboxylic acids is 1. The molecule has 0 aromatic carbocycles. The lowest BCUT2D eigenvalue weighted by Crippen LogP contribution is -2.24. The molecule has 0 aliphatic heterocycles. The molecule has 0 spiro atoms. The number of carbonyl (C=O) groups is 1. The van der Waals surface area contributed by atoms with Gasteiger partial charge < -0.3 is 11.1 Å². The molecule has 0 saturated carbocycles. The molecule has 0 unspecified atom stereocenters. The number of rotatable bonds is 4. The smallest absolute Gasteiger partial charge is 0.274 e. The Morgan fingerprint density at radius 1 is 1.53 bits per heavy atom. The Kier molecular flexibility index (Phi) is 3.03. The number of amides is 1. The van der Waals surface area contributed by atoms with Gasteiger partial charge in [-0.25, -0.2) is 4.98 Å². The van der Waals surface area contributed by atoms with Crippen LogP contribution in [-0.4, -0.2) is 31.3 Å². The summed E-state index contributed by atoms with van der Waals surface area (Å²) in [4.78, 5) is 15.6. The maximum absolute atomic E-state index is 11.8. The molecule has 2 aromatic heterocycles. The zero-order valence-corrected chi connectivity index (χ0v) is 9.32. The predicted octanol–water partition coefficient (Wildman–Crippen LogP) is -0.398. The third kappa shape index (κ3) is 2.25. The van der Waals surface area contributed by atoms with E-state index in [1.807, 2.05) is 6.92 Å². The van der Waals surface area contributed by atoms with Crippen LogP contribution in [0.5, 0.6) is 0 Å². The molecular formula is C9H13N7O. The number of hydrogen-bond acceptors (Lipinski definition) is 5. The summed E-state index contributed by atoms with van der Waals surface area (Å²) in [7, 11) is 0. The van der Waals surface area contributed by atoms with Crippen LogP contribution in [0.4, 0.5) is 5.69 Å². The predicted molar refractivity (Wildman–Crippen MR) is 59.9 cm³/mol. The topological polar surface area (TPSA) is 125 Å². The number of aryl methyl sites for hydroxylation is 1. The van der Waals surface area contributed by atoms with Crippen LogP contribution < -0.4 is 11.1 Å². The highest BCUT2D eigenvalue weighted by Gasteiger charge is 2.16. The first-order valence-corrected chi connectivity index (χ1v) is 5.17. The summed E-state index contributed by atoms with van der Waals surface area (Å²) in [6, 6.07) is 0. The molecule has 1 amide bonds. The van der Waals surface area contributed by atoms with E-state index in [1.54, 1.807) is 0 Å². The summed E-state index contributed by atoms with van der Waals surface area (Å²) in [5, 5.41) is 15.6. The number of nitrogens with one attached hydrogen (secondary N) is 3. The molecule has 0 aliphatic rings. The van der Waals surface area contributed by atoms with Gasteiger partial charge in [-0.3, -0.25) is 15.0 Å². The van der Waals surface area contributed by atoms with Crippen molar-refractivity contribution < 1.29 is 4.79 Å². The maximum atomic E-state index is 11.8. The number of nitrogens with two attached hydrogens (primary N) is 1. The Labute approximate surface area is 97.0 Å². The van der Waals surface area contributed by atoms with E-state index in [-0.39, 0.29) is 18.1 Å². The fourth-order valence-electron chi connectivity index (χ4n) is 1.39. The largest absolute Gasteiger partial charge is 0.395 e. The van der Waals surface area contributed by atoms with E-state index in [0.29, 0.717) is 17.9 Å². The van der Waals surface area contributed by atoms with Gasteiger partial charge in [-0.05, 0) is 6.42 Å². The van der Waals surface area contributed by atoms with Crippen molar-refractivity contribution in [2.45, 2.75) is 19.9 Å². The van der Waals surface area contributed by atoms with Crippen LogP contribution in [0.3, 0.4) is 0 Å². The molecule has 2 heterocycles. The highest BCUT2D eigenvalue weighted by molar-refractivity contribution is 5.97. The van der Waals surface area contributed by atoms with Gasteiger partial charge in [0.1, 0.15) is 12.2 Å². The Hall–Kier alpha value is -2.38. The van der Waals surface area contributed by atoms with Crippen LogP contribution in [0.15, 0.2) is 6.33 Å². The highest BCUT2D eigenvalue weighted by Crippen LogP contribution is 2.13. The number of hydrogen-bond donors (Lipinski definition) is 4. The van der Waals surface area contributed by atoms with E-state index in [1.165, 1.54) is 6.33 Å². The fourth-order valence-corrected chi connectivity index (χ4v) is 1.39. The van der Waals surface area contributed by atoms with E-state index >= 15 is 0 Å². The third-order valence-corrected chi connectivity index (χ3v) is 2.33. The van der Waals surface area contributed by atoms with E-state index in [0.717, 1.165) is 5.69 Å². The summed E-state index contributed by atoms with van der Waals surface area (Å²) in [5.41, 5.74) is 7.13. The zero-order valence-electron chi connectivity index (χ0n) is 9.32. The minimum Gasteiger partial charge on any atom is -0.395 e. The van der Waals surface area contributed by atoms with Gasteiger partial charge in [0.15, 0.2) is 5.69 Å².